The summed E-state index contributed by atoms with van der Waals surface area (Å²) in [6, 6.07) is 0.364. The maximum absolute atomic E-state index is 12.4. The number of nitrogens with zero attached hydrogens (tertiary/aromatic N) is 1. The van der Waals surface area contributed by atoms with Crippen LogP contribution in [0.2, 0.25) is 0 Å². The Morgan fingerprint density at radius 1 is 1.42 bits per heavy atom. The summed E-state index contributed by atoms with van der Waals surface area (Å²) in [6.45, 7) is 2.75. The summed E-state index contributed by atoms with van der Waals surface area (Å²) in [5.74, 6) is 0. The van der Waals surface area contributed by atoms with Gasteiger partial charge in [0.2, 0.25) is 0 Å². The molecule has 1 aliphatic heterocycles. The predicted octanol–water partition coefficient (Wildman–Crippen LogP) is 0.908. The summed E-state index contributed by atoms with van der Waals surface area (Å²) < 4.78 is 37.2. The molecule has 2 rings (SSSR count). The normalized spacial score (nSPS) is 30.0. The van der Waals surface area contributed by atoms with E-state index in [0.717, 1.165) is 25.8 Å². The average molecular weight is 283 g/mol. The second kappa shape index (κ2) is 5.92. The average Bonchev–Trinajstić information content (AvgIpc) is 3.03. The highest BCUT2D eigenvalue weighted by molar-refractivity contribution is 4.87. The molecule has 5 nitrogen and oxygen atoms in total. The molecule has 1 saturated heterocycles. The van der Waals surface area contributed by atoms with Crippen LogP contribution in [0.5, 0.6) is 0 Å². The van der Waals surface area contributed by atoms with Crippen LogP contribution in [0.3, 0.4) is 0 Å². The summed E-state index contributed by atoms with van der Waals surface area (Å²) in [5, 5.41) is 12.4. The van der Waals surface area contributed by atoms with Crippen LogP contribution in [0.4, 0.5) is 13.2 Å². The molecule has 3 unspecified atom stereocenters. The Morgan fingerprint density at radius 2 is 2.11 bits per heavy atom. The molecule has 0 bridgehead atoms. The molecule has 2 aliphatic rings. The van der Waals surface area contributed by atoms with Gasteiger partial charge in [-0.15, -0.1) is 0 Å². The van der Waals surface area contributed by atoms with Crippen molar-refractivity contribution in [3.8, 4) is 0 Å². The monoisotopic (exact) mass is 283 g/mol. The van der Waals surface area contributed by atoms with Gasteiger partial charge in [0.25, 0.3) is 0 Å². The third-order valence-electron chi connectivity index (χ3n) is 3.31. The van der Waals surface area contributed by atoms with E-state index in [1.807, 2.05) is 17.3 Å². The lowest BCUT2D eigenvalue weighted by molar-refractivity contribution is -0.167. The first-order valence-corrected chi connectivity index (χ1v) is 6.59. The minimum Gasteiger partial charge on any atom is -0.378 e. The van der Waals surface area contributed by atoms with Crippen molar-refractivity contribution in [2.24, 2.45) is 0 Å². The molecule has 19 heavy (non-hydrogen) atoms. The highest BCUT2D eigenvalue weighted by Gasteiger charge is 2.46. The first-order valence-electron chi connectivity index (χ1n) is 6.59. The molecule has 3 atom stereocenters. The number of alkyl halides is 3. The number of halogens is 3. The van der Waals surface area contributed by atoms with E-state index in [1.54, 1.807) is 0 Å². The Morgan fingerprint density at radius 3 is 2.58 bits per heavy atom. The van der Waals surface area contributed by atoms with Crippen LogP contribution in [0.15, 0.2) is 0 Å². The lowest BCUT2D eigenvalue weighted by atomic mass is 10.2. The Labute approximate surface area is 110 Å². The molecule has 0 aromatic rings. The quantitative estimate of drug-likeness (QED) is 0.633. The summed E-state index contributed by atoms with van der Waals surface area (Å²) in [4.78, 5) is 6.76. The van der Waals surface area contributed by atoms with Crippen molar-refractivity contribution in [2.45, 2.75) is 63.4 Å². The second-order valence-corrected chi connectivity index (χ2v) is 5.05. The van der Waals surface area contributed by atoms with E-state index in [4.69, 9.17) is 4.84 Å². The lowest BCUT2D eigenvalue weighted by Crippen LogP contribution is -2.47. The highest BCUT2D eigenvalue weighted by Crippen LogP contribution is 2.30. The molecule has 1 aliphatic carbocycles. The van der Waals surface area contributed by atoms with E-state index in [0.29, 0.717) is 6.04 Å². The fourth-order valence-corrected chi connectivity index (χ4v) is 2.25. The van der Waals surface area contributed by atoms with Crippen molar-refractivity contribution in [1.82, 2.24) is 15.7 Å². The van der Waals surface area contributed by atoms with E-state index in [9.17, 15) is 18.3 Å². The standard InChI is InChI=1S/C11H20F3N3O2/c1-2-5-17(7-3-4-7)9(18)6-8-15-10(16-19-8)11(12,13)14/h7-10,15-16,18H,2-6H2,1H3. The van der Waals surface area contributed by atoms with Crippen LogP contribution in [0, 0.1) is 0 Å². The Balaban J connectivity index is 1.80. The van der Waals surface area contributed by atoms with Gasteiger partial charge in [-0.3, -0.25) is 15.1 Å². The summed E-state index contributed by atoms with van der Waals surface area (Å²) >= 11 is 0. The molecular weight excluding hydrogens is 263 g/mol. The molecular formula is C11H20F3N3O2. The van der Waals surface area contributed by atoms with Crippen LogP contribution in [-0.2, 0) is 4.84 Å². The van der Waals surface area contributed by atoms with Gasteiger partial charge < -0.3 is 5.11 Å². The fraction of sp³-hybridized carbons (Fsp3) is 1.00. The van der Waals surface area contributed by atoms with Crippen LogP contribution in [0.25, 0.3) is 0 Å². The Kier molecular flexibility index (Phi) is 4.67. The van der Waals surface area contributed by atoms with E-state index >= 15 is 0 Å². The van der Waals surface area contributed by atoms with Crippen molar-refractivity contribution in [2.75, 3.05) is 6.54 Å². The number of hydrogen-bond donors (Lipinski definition) is 3. The topological polar surface area (TPSA) is 56.8 Å². The molecule has 8 heteroatoms. The van der Waals surface area contributed by atoms with Crippen LogP contribution in [-0.4, -0.2) is 47.4 Å². The molecule has 2 fully saturated rings. The maximum atomic E-state index is 12.4. The molecule has 0 aromatic heterocycles. The first kappa shape index (κ1) is 15.0. The van der Waals surface area contributed by atoms with Crippen molar-refractivity contribution in [1.29, 1.82) is 0 Å². The van der Waals surface area contributed by atoms with E-state index in [1.165, 1.54) is 0 Å². The highest BCUT2D eigenvalue weighted by atomic mass is 19.4. The molecule has 0 aromatic carbocycles. The zero-order chi connectivity index (χ0) is 14.0. The zero-order valence-corrected chi connectivity index (χ0v) is 10.8. The minimum atomic E-state index is -4.40. The summed E-state index contributed by atoms with van der Waals surface area (Å²) in [5.41, 5.74) is 1.90. The second-order valence-electron chi connectivity index (χ2n) is 5.05. The number of nitrogens with one attached hydrogen (secondary N) is 2. The van der Waals surface area contributed by atoms with Gasteiger partial charge in [0.05, 0.1) is 0 Å². The summed E-state index contributed by atoms with van der Waals surface area (Å²) in [7, 11) is 0. The molecule has 3 N–H and O–H groups in total. The van der Waals surface area contributed by atoms with Crippen molar-refractivity contribution < 1.29 is 23.1 Å². The first-order chi connectivity index (χ1) is 8.91. The third-order valence-corrected chi connectivity index (χ3v) is 3.31. The fourth-order valence-electron chi connectivity index (χ4n) is 2.25. The number of aliphatic hydroxyl groups excluding tert-OH is 1. The minimum absolute atomic E-state index is 0.107. The smallest absolute Gasteiger partial charge is 0.378 e. The molecule has 0 amide bonds. The number of hydroxylamine groups is 1. The molecule has 0 spiro atoms. The van der Waals surface area contributed by atoms with Crippen LogP contribution in [0.1, 0.15) is 32.6 Å². The van der Waals surface area contributed by atoms with Gasteiger partial charge in [-0.05, 0) is 19.3 Å². The Hall–Kier alpha value is -0.410. The third kappa shape index (κ3) is 4.03. The van der Waals surface area contributed by atoms with Gasteiger partial charge in [0.1, 0.15) is 12.5 Å². The molecule has 112 valence electrons. The van der Waals surface area contributed by atoms with Crippen molar-refractivity contribution in [3.63, 3.8) is 0 Å². The van der Waals surface area contributed by atoms with Gasteiger partial charge in [-0.2, -0.15) is 18.7 Å². The number of hydrogen-bond acceptors (Lipinski definition) is 5. The van der Waals surface area contributed by atoms with Gasteiger partial charge in [-0.1, -0.05) is 6.92 Å². The van der Waals surface area contributed by atoms with Gasteiger partial charge in [-0.25, -0.2) is 0 Å². The number of rotatable bonds is 6. The zero-order valence-electron chi connectivity index (χ0n) is 10.8. The summed E-state index contributed by atoms with van der Waals surface area (Å²) in [6.07, 6.45) is -4.80. The van der Waals surface area contributed by atoms with Crippen molar-refractivity contribution in [3.05, 3.63) is 0 Å². The van der Waals surface area contributed by atoms with E-state index in [2.05, 4.69) is 5.32 Å². The molecule has 1 heterocycles. The lowest BCUT2D eigenvalue weighted by Gasteiger charge is -2.28. The van der Waals surface area contributed by atoms with Gasteiger partial charge in [0.15, 0.2) is 6.17 Å². The van der Waals surface area contributed by atoms with Crippen molar-refractivity contribution >= 4 is 0 Å². The van der Waals surface area contributed by atoms with Gasteiger partial charge >= 0.3 is 6.18 Å². The van der Waals surface area contributed by atoms with E-state index < -0.39 is 24.8 Å². The van der Waals surface area contributed by atoms with Gasteiger partial charge in [0, 0.05) is 19.0 Å². The largest absolute Gasteiger partial charge is 0.419 e. The molecule has 0 radical (unpaired) electrons. The van der Waals surface area contributed by atoms with E-state index in [-0.39, 0.29) is 6.42 Å². The SMILES string of the molecule is CCCN(C(O)CC1NC(C(F)(F)F)NO1)C1CC1. The van der Waals surface area contributed by atoms with Crippen LogP contribution < -0.4 is 10.8 Å². The molecule has 1 saturated carbocycles. The Bertz CT molecular complexity index is 299. The predicted molar refractivity (Wildman–Crippen MR) is 61.6 cm³/mol. The number of aliphatic hydroxyl groups is 1. The maximum Gasteiger partial charge on any atom is 0.419 e. The van der Waals surface area contributed by atoms with Crippen LogP contribution >= 0.6 is 0 Å².